The van der Waals surface area contributed by atoms with E-state index in [2.05, 4.69) is 5.32 Å². The van der Waals surface area contributed by atoms with E-state index in [-0.39, 0.29) is 18.1 Å². The molecular formula is C15H16N2O3. The topological polar surface area (TPSA) is 60.3 Å². The maximum absolute atomic E-state index is 11.8. The number of hydrogen-bond donors (Lipinski definition) is 1. The molecule has 1 heterocycles. The fraction of sp³-hybridized carbons (Fsp3) is 0.200. The van der Waals surface area contributed by atoms with Crippen molar-refractivity contribution in [1.82, 2.24) is 4.57 Å². The highest BCUT2D eigenvalue weighted by Crippen LogP contribution is 2.15. The van der Waals surface area contributed by atoms with Crippen molar-refractivity contribution in [3.63, 3.8) is 0 Å². The summed E-state index contributed by atoms with van der Waals surface area (Å²) < 4.78 is 6.84. The summed E-state index contributed by atoms with van der Waals surface area (Å²) in [5.74, 6) is 0.412. The Hall–Kier alpha value is -2.56. The fourth-order valence-corrected chi connectivity index (χ4v) is 1.73. The van der Waals surface area contributed by atoms with Crippen molar-refractivity contribution in [2.45, 2.75) is 6.92 Å². The van der Waals surface area contributed by atoms with E-state index in [0.717, 1.165) is 5.56 Å². The molecule has 1 N–H and O–H groups in total. The normalized spacial score (nSPS) is 10.1. The highest BCUT2D eigenvalue weighted by atomic mass is 16.5. The molecule has 1 aromatic heterocycles. The number of anilines is 1. The lowest BCUT2D eigenvalue weighted by Crippen LogP contribution is -2.22. The van der Waals surface area contributed by atoms with Gasteiger partial charge in [0.05, 0.1) is 5.69 Å². The van der Waals surface area contributed by atoms with Crippen LogP contribution in [0.5, 0.6) is 5.75 Å². The average Bonchev–Trinajstić information content (AvgIpc) is 2.42. The van der Waals surface area contributed by atoms with E-state index in [0.29, 0.717) is 11.4 Å². The van der Waals surface area contributed by atoms with Gasteiger partial charge in [-0.05, 0) is 24.6 Å². The Morgan fingerprint density at radius 3 is 2.70 bits per heavy atom. The van der Waals surface area contributed by atoms with Crippen LogP contribution < -0.4 is 15.6 Å². The summed E-state index contributed by atoms with van der Waals surface area (Å²) in [6.07, 6.45) is 1.56. The number of carbonyl (C=O) groups excluding carboxylic acids is 1. The Labute approximate surface area is 116 Å². The van der Waals surface area contributed by atoms with Crippen LogP contribution in [0, 0.1) is 6.92 Å². The van der Waals surface area contributed by atoms with Crippen molar-refractivity contribution in [2.24, 2.45) is 7.05 Å². The number of benzene rings is 1. The van der Waals surface area contributed by atoms with Crippen LogP contribution in [-0.2, 0) is 11.8 Å². The SMILES string of the molecule is Cc1ccccc1OCC(=O)Nc1ccc(=O)n(C)c1. The Bertz CT molecular complexity index is 677. The first-order valence-corrected chi connectivity index (χ1v) is 6.21. The van der Waals surface area contributed by atoms with E-state index in [1.807, 2.05) is 31.2 Å². The van der Waals surface area contributed by atoms with Crippen molar-refractivity contribution >= 4 is 11.6 Å². The molecule has 2 rings (SSSR count). The number of rotatable bonds is 4. The number of aromatic nitrogens is 1. The second-order valence-electron chi connectivity index (χ2n) is 4.47. The third-order valence-corrected chi connectivity index (χ3v) is 2.82. The van der Waals surface area contributed by atoms with Gasteiger partial charge in [-0.1, -0.05) is 18.2 Å². The number of amides is 1. The smallest absolute Gasteiger partial charge is 0.262 e. The van der Waals surface area contributed by atoms with Gasteiger partial charge >= 0.3 is 0 Å². The van der Waals surface area contributed by atoms with Crippen molar-refractivity contribution in [3.8, 4) is 5.75 Å². The summed E-state index contributed by atoms with van der Waals surface area (Å²) in [6.45, 7) is 1.84. The summed E-state index contributed by atoms with van der Waals surface area (Å²) in [4.78, 5) is 23.0. The summed E-state index contributed by atoms with van der Waals surface area (Å²) in [6, 6.07) is 10.5. The van der Waals surface area contributed by atoms with Gasteiger partial charge in [-0.2, -0.15) is 0 Å². The molecule has 1 aromatic carbocycles. The first-order valence-electron chi connectivity index (χ1n) is 6.21. The van der Waals surface area contributed by atoms with Crippen LogP contribution in [-0.4, -0.2) is 17.1 Å². The van der Waals surface area contributed by atoms with Crippen LogP contribution in [0.15, 0.2) is 47.4 Å². The molecule has 5 heteroatoms. The Balaban J connectivity index is 1.94. The predicted molar refractivity (Wildman–Crippen MR) is 77.0 cm³/mol. The number of carbonyl (C=O) groups is 1. The number of nitrogens with zero attached hydrogens (tertiary/aromatic N) is 1. The molecule has 5 nitrogen and oxygen atoms in total. The maximum atomic E-state index is 11.8. The Morgan fingerprint density at radius 1 is 1.25 bits per heavy atom. The molecule has 0 aliphatic carbocycles. The monoisotopic (exact) mass is 272 g/mol. The van der Waals surface area contributed by atoms with Crippen molar-refractivity contribution < 1.29 is 9.53 Å². The molecule has 104 valence electrons. The third-order valence-electron chi connectivity index (χ3n) is 2.82. The molecule has 0 aliphatic heterocycles. The van der Waals surface area contributed by atoms with Crippen molar-refractivity contribution in [3.05, 3.63) is 58.5 Å². The van der Waals surface area contributed by atoms with Gasteiger partial charge in [0.25, 0.3) is 5.91 Å². The lowest BCUT2D eigenvalue weighted by atomic mass is 10.2. The van der Waals surface area contributed by atoms with Gasteiger partial charge < -0.3 is 14.6 Å². The van der Waals surface area contributed by atoms with E-state index < -0.39 is 0 Å². The minimum absolute atomic E-state index is 0.0757. The average molecular weight is 272 g/mol. The lowest BCUT2D eigenvalue weighted by molar-refractivity contribution is -0.118. The first kappa shape index (κ1) is 13.9. The molecule has 1 amide bonds. The van der Waals surface area contributed by atoms with Gasteiger partial charge in [-0.3, -0.25) is 9.59 Å². The molecule has 0 fully saturated rings. The first-order chi connectivity index (χ1) is 9.56. The quantitative estimate of drug-likeness (QED) is 0.921. The van der Waals surface area contributed by atoms with Gasteiger partial charge in [-0.25, -0.2) is 0 Å². The van der Waals surface area contributed by atoms with E-state index >= 15 is 0 Å². The van der Waals surface area contributed by atoms with Crippen LogP contribution in [0.2, 0.25) is 0 Å². The highest BCUT2D eigenvalue weighted by molar-refractivity contribution is 5.91. The molecular weight excluding hydrogens is 256 g/mol. The molecule has 20 heavy (non-hydrogen) atoms. The van der Waals surface area contributed by atoms with E-state index in [1.165, 1.54) is 10.6 Å². The second-order valence-corrected chi connectivity index (χ2v) is 4.47. The fourth-order valence-electron chi connectivity index (χ4n) is 1.73. The van der Waals surface area contributed by atoms with Crippen LogP contribution in [0.3, 0.4) is 0 Å². The van der Waals surface area contributed by atoms with Gasteiger partial charge in [0.15, 0.2) is 6.61 Å². The Morgan fingerprint density at radius 2 is 2.00 bits per heavy atom. The molecule has 0 atom stereocenters. The molecule has 0 bridgehead atoms. The van der Waals surface area contributed by atoms with E-state index in [9.17, 15) is 9.59 Å². The zero-order chi connectivity index (χ0) is 14.5. The zero-order valence-electron chi connectivity index (χ0n) is 11.4. The van der Waals surface area contributed by atoms with Gasteiger partial charge in [0.1, 0.15) is 5.75 Å². The summed E-state index contributed by atoms with van der Waals surface area (Å²) in [5.41, 5.74) is 1.41. The summed E-state index contributed by atoms with van der Waals surface area (Å²) in [5, 5.41) is 2.68. The summed E-state index contributed by atoms with van der Waals surface area (Å²) >= 11 is 0. The number of aryl methyl sites for hydroxylation is 2. The van der Waals surface area contributed by atoms with Crippen LogP contribution in [0.25, 0.3) is 0 Å². The van der Waals surface area contributed by atoms with Gasteiger partial charge in [-0.15, -0.1) is 0 Å². The van der Waals surface area contributed by atoms with Crippen molar-refractivity contribution in [2.75, 3.05) is 11.9 Å². The largest absolute Gasteiger partial charge is 0.483 e. The zero-order valence-corrected chi connectivity index (χ0v) is 11.4. The summed E-state index contributed by atoms with van der Waals surface area (Å²) in [7, 11) is 1.63. The number of hydrogen-bond acceptors (Lipinski definition) is 3. The lowest BCUT2D eigenvalue weighted by Gasteiger charge is -2.09. The molecule has 0 unspecified atom stereocenters. The Kier molecular flexibility index (Phi) is 4.20. The third kappa shape index (κ3) is 3.47. The maximum Gasteiger partial charge on any atom is 0.262 e. The molecule has 0 saturated carbocycles. The van der Waals surface area contributed by atoms with Gasteiger partial charge in [0.2, 0.25) is 5.56 Å². The molecule has 0 radical (unpaired) electrons. The number of pyridine rings is 1. The number of nitrogens with one attached hydrogen (secondary N) is 1. The highest BCUT2D eigenvalue weighted by Gasteiger charge is 2.05. The number of ether oxygens (including phenoxy) is 1. The second kappa shape index (κ2) is 6.06. The van der Waals surface area contributed by atoms with E-state index in [4.69, 9.17) is 4.74 Å². The van der Waals surface area contributed by atoms with Crippen LogP contribution in [0.4, 0.5) is 5.69 Å². The number of para-hydroxylation sites is 1. The van der Waals surface area contributed by atoms with Gasteiger partial charge in [0, 0.05) is 19.3 Å². The van der Waals surface area contributed by atoms with Crippen molar-refractivity contribution in [1.29, 1.82) is 0 Å². The standard InChI is InChI=1S/C15H16N2O3/c1-11-5-3-4-6-13(11)20-10-14(18)16-12-7-8-15(19)17(2)9-12/h3-9H,10H2,1-2H3,(H,16,18). The molecule has 0 spiro atoms. The van der Waals surface area contributed by atoms with Crippen LogP contribution in [0.1, 0.15) is 5.56 Å². The molecule has 0 saturated heterocycles. The molecule has 0 aliphatic rings. The van der Waals surface area contributed by atoms with E-state index in [1.54, 1.807) is 19.3 Å². The molecule has 2 aromatic rings. The van der Waals surface area contributed by atoms with Crippen LogP contribution >= 0.6 is 0 Å². The minimum atomic E-state index is -0.271. The minimum Gasteiger partial charge on any atom is -0.483 e. The predicted octanol–water partition coefficient (Wildman–Crippen LogP) is 1.71.